The van der Waals surface area contributed by atoms with Crippen molar-refractivity contribution in [3.63, 3.8) is 0 Å². The SMILES string of the molecule is COc1ccc(NC(=O)N(C)c2ccc(O)cc2)cc1. The number of carbonyl (C=O) groups excluding carboxylic acids is 1. The van der Waals surface area contributed by atoms with E-state index < -0.39 is 0 Å². The monoisotopic (exact) mass is 272 g/mol. The largest absolute Gasteiger partial charge is 0.508 e. The van der Waals surface area contributed by atoms with Crippen LogP contribution in [0.25, 0.3) is 0 Å². The first-order valence-electron chi connectivity index (χ1n) is 6.08. The van der Waals surface area contributed by atoms with E-state index in [1.807, 2.05) is 0 Å². The van der Waals surface area contributed by atoms with Crippen molar-refractivity contribution in [2.24, 2.45) is 0 Å². The lowest BCUT2D eigenvalue weighted by Gasteiger charge is -2.18. The fourth-order valence-electron chi connectivity index (χ4n) is 1.68. The van der Waals surface area contributed by atoms with Crippen molar-refractivity contribution in [3.8, 4) is 11.5 Å². The number of methoxy groups -OCH3 is 1. The number of amides is 2. The molecule has 0 atom stereocenters. The lowest BCUT2D eigenvalue weighted by atomic mass is 10.3. The molecular formula is C15H16N2O3. The molecule has 5 nitrogen and oxygen atoms in total. The molecule has 0 aromatic heterocycles. The smallest absolute Gasteiger partial charge is 0.326 e. The molecule has 0 aliphatic heterocycles. The second-order valence-electron chi connectivity index (χ2n) is 4.23. The summed E-state index contributed by atoms with van der Waals surface area (Å²) in [7, 11) is 3.25. The minimum Gasteiger partial charge on any atom is -0.508 e. The summed E-state index contributed by atoms with van der Waals surface area (Å²) in [6.45, 7) is 0. The summed E-state index contributed by atoms with van der Waals surface area (Å²) < 4.78 is 5.06. The molecule has 0 aliphatic carbocycles. The van der Waals surface area contributed by atoms with E-state index in [2.05, 4.69) is 5.32 Å². The normalized spacial score (nSPS) is 9.90. The Hall–Kier alpha value is -2.69. The van der Waals surface area contributed by atoms with Crippen LogP contribution in [0.3, 0.4) is 0 Å². The van der Waals surface area contributed by atoms with Crippen molar-refractivity contribution in [1.82, 2.24) is 0 Å². The lowest BCUT2D eigenvalue weighted by Crippen LogP contribution is -2.31. The fraction of sp³-hybridized carbons (Fsp3) is 0.133. The average Bonchev–Trinajstić information content (AvgIpc) is 2.48. The van der Waals surface area contributed by atoms with Gasteiger partial charge < -0.3 is 15.2 Å². The molecule has 2 aromatic rings. The van der Waals surface area contributed by atoms with Gasteiger partial charge in [0.1, 0.15) is 11.5 Å². The highest BCUT2D eigenvalue weighted by Crippen LogP contribution is 2.19. The van der Waals surface area contributed by atoms with Gasteiger partial charge in [0, 0.05) is 18.4 Å². The van der Waals surface area contributed by atoms with E-state index in [0.717, 1.165) is 5.75 Å². The van der Waals surface area contributed by atoms with Gasteiger partial charge in [0.2, 0.25) is 0 Å². The molecule has 0 fully saturated rings. The lowest BCUT2D eigenvalue weighted by molar-refractivity contribution is 0.258. The van der Waals surface area contributed by atoms with Crippen LogP contribution in [0, 0.1) is 0 Å². The molecule has 104 valence electrons. The first kappa shape index (κ1) is 13.7. The zero-order valence-electron chi connectivity index (χ0n) is 11.3. The molecule has 0 bridgehead atoms. The van der Waals surface area contributed by atoms with Gasteiger partial charge in [-0.05, 0) is 48.5 Å². The molecule has 5 heteroatoms. The average molecular weight is 272 g/mol. The van der Waals surface area contributed by atoms with Crippen LogP contribution in [0.2, 0.25) is 0 Å². The first-order valence-corrected chi connectivity index (χ1v) is 6.08. The number of nitrogens with one attached hydrogen (secondary N) is 1. The molecule has 2 aromatic carbocycles. The number of benzene rings is 2. The highest BCUT2D eigenvalue weighted by molar-refractivity contribution is 6.01. The van der Waals surface area contributed by atoms with Gasteiger partial charge in [-0.15, -0.1) is 0 Å². The number of hydrogen-bond donors (Lipinski definition) is 2. The van der Waals surface area contributed by atoms with Crippen LogP contribution in [0.1, 0.15) is 0 Å². The summed E-state index contributed by atoms with van der Waals surface area (Å²) in [5.41, 5.74) is 1.37. The number of carbonyl (C=O) groups is 1. The number of aromatic hydroxyl groups is 1. The molecule has 0 unspecified atom stereocenters. The van der Waals surface area contributed by atoms with E-state index in [9.17, 15) is 9.90 Å². The van der Waals surface area contributed by atoms with Crippen molar-refractivity contribution in [2.75, 3.05) is 24.4 Å². The van der Waals surface area contributed by atoms with E-state index in [0.29, 0.717) is 11.4 Å². The molecule has 0 saturated carbocycles. The van der Waals surface area contributed by atoms with Crippen molar-refractivity contribution < 1.29 is 14.6 Å². The number of hydrogen-bond acceptors (Lipinski definition) is 3. The van der Waals surface area contributed by atoms with Gasteiger partial charge in [-0.1, -0.05) is 0 Å². The Morgan fingerprint density at radius 2 is 1.70 bits per heavy atom. The predicted octanol–water partition coefficient (Wildman–Crippen LogP) is 3.07. The van der Waals surface area contributed by atoms with Crippen LogP contribution in [-0.4, -0.2) is 25.3 Å². The second kappa shape index (κ2) is 5.97. The minimum absolute atomic E-state index is 0.165. The first-order chi connectivity index (χ1) is 9.60. The zero-order valence-corrected chi connectivity index (χ0v) is 11.3. The highest BCUT2D eigenvalue weighted by atomic mass is 16.5. The van der Waals surface area contributed by atoms with Gasteiger partial charge in [-0.3, -0.25) is 4.90 Å². The third-order valence-electron chi connectivity index (χ3n) is 2.88. The van der Waals surface area contributed by atoms with E-state index >= 15 is 0 Å². The van der Waals surface area contributed by atoms with Crippen LogP contribution in [0.4, 0.5) is 16.2 Å². The third kappa shape index (κ3) is 3.20. The maximum Gasteiger partial charge on any atom is 0.326 e. The van der Waals surface area contributed by atoms with Crippen LogP contribution in [-0.2, 0) is 0 Å². The molecular weight excluding hydrogens is 256 g/mol. The Bertz CT molecular complexity index is 579. The number of ether oxygens (including phenoxy) is 1. The summed E-state index contributed by atoms with van der Waals surface area (Å²) in [4.78, 5) is 13.5. The maximum atomic E-state index is 12.1. The quantitative estimate of drug-likeness (QED) is 0.902. The van der Waals surface area contributed by atoms with Gasteiger partial charge in [0.25, 0.3) is 0 Å². The standard InChI is InChI=1S/C15H16N2O3/c1-17(12-5-7-13(18)8-6-12)15(19)16-11-3-9-14(20-2)10-4-11/h3-10,18H,1-2H3,(H,16,19). The number of rotatable bonds is 3. The van der Waals surface area contributed by atoms with Gasteiger partial charge in [0.05, 0.1) is 7.11 Å². The molecule has 0 spiro atoms. The number of nitrogens with zero attached hydrogens (tertiary/aromatic N) is 1. The van der Waals surface area contributed by atoms with E-state index in [-0.39, 0.29) is 11.8 Å². The Morgan fingerprint density at radius 1 is 1.10 bits per heavy atom. The number of phenolic OH excluding ortho intramolecular Hbond substituents is 1. The molecule has 2 amide bonds. The van der Waals surface area contributed by atoms with Crippen LogP contribution in [0.5, 0.6) is 11.5 Å². The van der Waals surface area contributed by atoms with Crippen LogP contribution >= 0.6 is 0 Å². The predicted molar refractivity (Wildman–Crippen MR) is 78.5 cm³/mol. The molecule has 20 heavy (non-hydrogen) atoms. The second-order valence-corrected chi connectivity index (χ2v) is 4.23. The summed E-state index contributed by atoms with van der Waals surface area (Å²) in [6, 6.07) is 13.2. The summed E-state index contributed by atoms with van der Waals surface area (Å²) in [6.07, 6.45) is 0. The number of urea groups is 1. The van der Waals surface area contributed by atoms with Gasteiger partial charge in [-0.25, -0.2) is 4.79 Å². The van der Waals surface area contributed by atoms with Crippen LogP contribution < -0.4 is 15.0 Å². The Labute approximate surface area is 117 Å². The summed E-state index contributed by atoms with van der Waals surface area (Å²) >= 11 is 0. The number of anilines is 2. The maximum absolute atomic E-state index is 12.1. The summed E-state index contributed by atoms with van der Waals surface area (Å²) in [5.74, 6) is 0.896. The summed E-state index contributed by atoms with van der Waals surface area (Å²) in [5, 5.41) is 12.0. The van der Waals surface area contributed by atoms with Gasteiger partial charge in [0.15, 0.2) is 0 Å². The third-order valence-corrected chi connectivity index (χ3v) is 2.88. The minimum atomic E-state index is -0.263. The molecule has 2 rings (SSSR count). The molecule has 0 aliphatic rings. The van der Waals surface area contributed by atoms with E-state index in [4.69, 9.17) is 4.74 Å². The fourth-order valence-corrected chi connectivity index (χ4v) is 1.68. The van der Waals surface area contributed by atoms with Crippen molar-refractivity contribution in [2.45, 2.75) is 0 Å². The van der Waals surface area contributed by atoms with E-state index in [1.54, 1.807) is 50.6 Å². The zero-order chi connectivity index (χ0) is 14.5. The van der Waals surface area contributed by atoms with Crippen molar-refractivity contribution >= 4 is 17.4 Å². The number of phenols is 1. The van der Waals surface area contributed by atoms with Gasteiger partial charge in [-0.2, -0.15) is 0 Å². The Morgan fingerprint density at radius 3 is 2.25 bits per heavy atom. The van der Waals surface area contributed by atoms with Gasteiger partial charge >= 0.3 is 6.03 Å². The Balaban J connectivity index is 2.05. The molecule has 2 N–H and O–H groups in total. The van der Waals surface area contributed by atoms with Crippen LogP contribution in [0.15, 0.2) is 48.5 Å². The van der Waals surface area contributed by atoms with E-state index in [1.165, 1.54) is 17.0 Å². The molecule has 0 saturated heterocycles. The molecule has 0 heterocycles. The Kier molecular flexibility index (Phi) is 4.10. The van der Waals surface area contributed by atoms with Crippen molar-refractivity contribution in [1.29, 1.82) is 0 Å². The highest BCUT2D eigenvalue weighted by Gasteiger charge is 2.10. The van der Waals surface area contributed by atoms with Crippen molar-refractivity contribution in [3.05, 3.63) is 48.5 Å². The molecule has 0 radical (unpaired) electrons. The topological polar surface area (TPSA) is 61.8 Å².